The molecule has 0 unspecified atom stereocenters. The lowest BCUT2D eigenvalue weighted by Gasteiger charge is -2.27. The van der Waals surface area contributed by atoms with Crippen LogP contribution in [0.5, 0.6) is 0 Å². The maximum Gasteiger partial charge on any atom is 0.0536 e. The number of rotatable bonds is 6. The van der Waals surface area contributed by atoms with E-state index < -0.39 is 0 Å². The molecule has 0 saturated carbocycles. The van der Waals surface area contributed by atoms with Crippen LogP contribution in [0.2, 0.25) is 13.1 Å². The van der Waals surface area contributed by atoms with Gasteiger partial charge in [0.1, 0.15) is 0 Å². The maximum atomic E-state index is 2.34. The van der Waals surface area contributed by atoms with Crippen LogP contribution in [0, 0.1) is 0 Å². The van der Waals surface area contributed by atoms with Gasteiger partial charge in [-0.15, -0.1) is 0 Å². The number of para-hydroxylation sites is 4. The molecule has 2 aliphatic rings. The summed E-state index contributed by atoms with van der Waals surface area (Å²) in [6.07, 6.45) is 6.76. The molecule has 6 aromatic rings. The van der Waals surface area contributed by atoms with E-state index in [4.69, 9.17) is 0 Å². The van der Waals surface area contributed by atoms with Crippen molar-refractivity contribution in [1.29, 1.82) is 0 Å². The van der Waals surface area contributed by atoms with Crippen molar-refractivity contribution in [3.63, 3.8) is 0 Å². The van der Waals surface area contributed by atoms with Crippen LogP contribution in [0.25, 0.3) is 12.2 Å². The minimum absolute atomic E-state index is 0.417. The summed E-state index contributed by atoms with van der Waals surface area (Å²) in [7, 11) is 0.417. The van der Waals surface area contributed by atoms with Crippen LogP contribution in [0.1, 0.15) is 36.1 Å². The van der Waals surface area contributed by atoms with E-state index in [1.54, 1.807) is 0 Å². The van der Waals surface area contributed by atoms with Gasteiger partial charge in [0.2, 0.25) is 0 Å². The topological polar surface area (TPSA) is 6.48 Å². The summed E-state index contributed by atoms with van der Waals surface area (Å²) >= 11 is 0. The number of anilines is 6. The van der Waals surface area contributed by atoms with E-state index >= 15 is 0 Å². The van der Waals surface area contributed by atoms with Crippen LogP contribution in [0.3, 0.4) is 0 Å². The molecular formula is C46H46N2Si. The zero-order valence-electron chi connectivity index (χ0n) is 29.2. The summed E-state index contributed by atoms with van der Waals surface area (Å²) in [6.45, 7) is 8.94. The second-order valence-electron chi connectivity index (χ2n) is 12.8. The number of benzene rings is 6. The van der Waals surface area contributed by atoms with Crippen molar-refractivity contribution in [2.24, 2.45) is 0 Å². The standard InChI is InChI=1S/2C22H19N.C2H8Si/c2*1-17-15-18-9-8-14-22(21(18)16-17)23(19-10-4-2-5-11-19)20-12-6-3-7-13-20;1-3-2/h2*2-14,16H,15H2,1H3;3H2,1-2H3. The lowest BCUT2D eigenvalue weighted by molar-refractivity contribution is 1.19. The first-order valence-electron chi connectivity index (χ1n) is 17.5. The third kappa shape index (κ3) is 7.85. The molecule has 0 aromatic heterocycles. The molecule has 2 aliphatic carbocycles. The van der Waals surface area contributed by atoms with Crippen LogP contribution >= 0.6 is 0 Å². The van der Waals surface area contributed by atoms with Gasteiger partial charge in [0.05, 0.1) is 11.4 Å². The molecule has 0 fully saturated rings. The van der Waals surface area contributed by atoms with Crippen molar-refractivity contribution in [3.05, 3.63) is 191 Å². The Hall–Kier alpha value is -5.38. The Morgan fingerprint density at radius 2 is 0.673 bits per heavy atom. The highest BCUT2D eigenvalue weighted by molar-refractivity contribution is 6.31. The SMILES string of the molecule is CC1=Cc2c(cccc2N(c2ccccc2)c2ccccc2)C1.CC1=Cc2c(cccc2N(c2ccccc2)c2ccccc2)C1.C[SiH2]C. The van der Waals surface area contributed by atoms with Crippen molar-refractivity contribution in [2.75, 3.05) is 9.80 Å². The van der Waals surface area contributed by atoms with Crippen LogP contribution in [-0.2, 0) is 12.8 Å². The Bertz CT molecular complexity index is 1790. The molecule has 0 spiro atoms. The number of allylic oxidation sites excluding steroid dienone is 2. The molecule has 8 rings (SSSR count). The molecule has 6 aromatic carbocycles. The maximum absolute atomic E-state index is 2.34. The molecule has 244 valence electrons. The second-order valence-corrected chi connectivity index (χ2v) is 14.2. The molecule has 0 radical (unpaired) electrons. The highest BCUT2D eigenvalue weighted by Crippen LogP contribution is 2.42. The molecule has 0 N–H and O–H groups in total. The van der Waals surface area contributed by atoms with Crippen molar-refractivity contribution >= 4 is 55.8 Å². The second kappa shape index (κ2) is 16.1. The van der Waals surface area contributed by atoms with Crippen LogP contribution in [0.4, 0.5) is 34.1 Å². The summed E-state index contributed by atoms with van der Waals surface area (Å²) in [6, 6.07) is 55.5. The van der Waals surface area contributed by atoms with Gasteiger partial charge in [-0.3, -0.25) is 0 Å². The first kappa shape index (κ1) is 33.5. The fourth-order valence-corrected chi connectivity index (χ4v) is 6.59. The Kier molecular flexibility index (Phi) is 11.0. The Morgan fingerprint density at radius 3 is 0.959 bits per heavy atom. The van der Waals surface area contributed by atoms with E-state index in [0.29, 0.717) is 9.52 Å². The lowest BCUT2D eigenvalue weighted by atomic mass is 10.1. The summed E-state index contributed by atoms with van der Waals surface area (Å²) in [5.41, 5.74) is 15.6. The van der Waals surface area contributed by atoms with Crippen molar-refractivity contribution in [3.8, 4) is 0 Å². The fraction of sp³-hybridized carbons (Fsp3) is 0.130. The summed E-state index contributed by atoms with van der Waals surface area (Å²) in [5, 5.41) is 0. The fourth-order valence-electron chi connectivity index (χ4n) is 6.59. The van der Waals surface area contributed by atoms with Gasteiger partial charge in [-0.2, -0.15) is 0 Å². The van der Waals surface area contributed by atoms with Crippen molar-refractivity contribution < 1.29 is 0 Å². The van der Waals surface area contributed by atoms with Gasteiger partial charge in [0.25, 0.3) is 0 Å². The average molecular weight is 655 g/mol. The predicted octanol–water partition coefficient (Wildman–Crippen LogP) is 12.5. The lowest BCUT2D eigenvalue weighted by Crippen LogP contribution is -2.11. The van der Waals surface area contributed by atoms with E-state index in [1.807, 2.05) is 0 Å². The van der Waals surface area contributed by atoms with Gasteiger partial charge in [0.15, 0.2) is 0 Å². The van der Waals surface area contributed by atoms with Gasteiger partial charge in [-0.05, 0) is 98.5 Å². The largest absolute Gasteiger partial charge is 0.310 e. The molecular weight excluding hydrogens is 609 g/mol. The van der Waals surface area contributed by atoms with Crippen molar-refractivity contribution in [1.82, 2.24) is 0 Å². The smallest absolute Gasteiger partial charge is 0.0536 e. The van der Waals surface area contributed by atoms with Gasteiger partial charge >= 0.3 is 0 Å². The Morgan fingerprint density at radius 1 is 0.388 bits per heavy atom. The van der Waals surface area contributed by atoms with E-state index in [1.165, 1.54) is 67.5 Å². The molecule has 2 nitrogen and oxygen atoms in total. The monoisotopic (exact) mass is 654 g/mol. The molecule has 0 heterocycles. The molecule has 0 atom stereocenters. The number of hydrogen-bond donors (Lipinski definition) is 0. The van der Waals surface area contributed by atoms with Crippen LogP contribution in [-0.4, -0.2) is 9.52 Å². The third-order valence-electron chi connectivity index (χ3n) is 8.61. The third-order valence-corrected chi connectivity index (χ3v) is 8.61. The summed E-state index contributed by atoms with van der Waals surface area (Å²) < 4.78 is 0. The van der Waals surface area contributed by atoms with E-state index in [0.717, 1.165) is 12.8 Å². The first-order chi connectivity index (χ1) is 24.1. The minimum atomic E-state index is 0.417. The zero-order chi connectivity index (χ0) is 34.0. The van der Waals surface area contributed by atoms with Crippen LogP contribution in [0.15, 0.2) is 169 Å². The quantitative estimate of drug-likeness (QED) is 0.165. The van der Waals surface area contributed by atoms with E-state index in [-0.39, 0.29) is 0 Å². The zero-order valence-corrected chi connectivity index (χ0v) is 30.6. The van der Waals surface area contributed by atoms with E-state index in [2.05, 4.69) is 207 Å². The van der Waals surface area contributed by atoms with Gasteiger partial charge in [0, 0.05) is 43.4 Å². The minimum Gasteiger partial charge on any atom is -0.310 e. The molecule has 0 bridgehead atoms. The highest BCUT2D eigenvalue weighted by Gasteiger charge is 2.21. The average Bonchev–Trinajstić information content (AvgIpc) is 3.73. The van der Waals surface area contributed by atoms with Gasteiger partial charge < -0.3 is 9.80 Å². The number of nitrogens with zero attached hydrogens (tertiary/aromatic N) is 2. The Labute approximate surface area is 295 Å². The summed E-state index contributed by atoms with van der Waals surface area (Å²) in [5.74, 6) is 0. The van der Waals surface area contributed by atoms with E-state index in [9.17, 15) is 0 Å². The number of hydrogen-bond acceptors (Lipinski definition) is 2. The predicted molar refractivity (Wildman–Crippen MR) is 217 cm³/mol. The molecule has 0 amide bonds. The van der Waals surface area contributed by atoms with Crippen molar-refractivity contribution in [2.45, 2.75) is 39.8 Å². The first-order valence-corrected chi connectivity index (χ1v) is 20.3. The normalized spacial score (nSPS) is 12.2. The van der Waals surface area contributed by atoms with Gasteiger partial charge in [-0.1, -0.05) is 133 Å². The molecule has 49 heavy (non-hydrogen) atoms. The number of fused-ring (bicyclic) bond motifs is 2. The molecule has 0 aliphatic heterocycles. The Balaban J connectivity index is 0.000000158. The van der Waals surface area contributed by atoms with Crippen LogP contribution < -0.4 is 9.80 Å². The molecule has 0 saturated heterocycles. The molecule has 3 heteroatoms. The van der Waals surface area contributed by atoms with Gasteiger partial charge in [-0.25, -0.2) is 0 Å². The highest BCUT2D eigenvalue weighted by atomic mass is 28.2. The summed E-state index contributed by atoms with van der Waals surface area (Å²) in [4.78, 5) is 4.68.